The summed E-state index contributed by atoms with van der Waals surface area (Å²) in [5, 5.41) is 11.1. The first-order valence-electron chi connectivity index (χ1n) is 7.93. The van der Waals surface area contributed by atoms with Crippen molar-refractivity contribution in [1.82, 2.24) is 19.9 Å². The topological polar surface area (TPSA) is 68.8 Å². The molecule has 24 heavy (non-hydrogen) atoms. The van der Waals surface area contributed by atoms with Gasteiger partial charge < -0.3 is 5.21 Å². The van der Waals surface area contributed by atoms with Crippen LogP contribution in [0.15, 0.2) is 55.2 Å². The average Bonchev–Trinajstić information content (AvgIpc) is 2.64. The average molecular weight is 319 g/mol. The molecular formula is C18H17N5O. The van der Waals surface area contributed by atoms with Gasteiger partial charge in [0.2, 0.25) is 0 Å². The summed E-state index contributed by atoms with van der Waals surface area (Å²) in [4.78, 5) is 15.7. The highest BCUT2D eigenvalue weighted by molar-refractivity contribution is 5.53. The maximum Gasteiger partial charge on any atom is 0.180 e. The second kappa shape index (κ2) is 6.33. The summed E-state index contributed by atoms with van der Waals surface area (Å²) in [5.74, 6) is 0.735. The van der Waals surface area contributed by atoms with Crippen LogP contribution in [0.2, 0.25) is 0 Å². The van der Waals surface area contributed by atoms with E-state index in [1.54, 1.807) is 12.4 Å². The second-order valence-electron chi connectivity index (χ2n) is 5.93. The Morgan fingerprint density at radius 3 is 2.83 bits per heavy atom. The lowest BCUT2D eigenvalue weighted by Crippen LogP contribution is -2.31. The van der Waals surface area contributed by atoms with Crippen LogP contribution in [-0.4, -0.2) is 26.4 Å². The number of hydrogen-bond acceptors (Lipinski definition) is 5. The second-order valence-corrected chi connectivity index (χ2v) is 5.93. The van der Waals surface area contributed by atoms with Crippen LogP contribution in [0.5, 0.6) is 0 Å². The van der Waals surface area contributed by atoms with Gasteiger partial charge in [-0.3, -0.25) is 9.88 Å². The molecule has 3 aromatic heterocycles. The number of pyridine rings is 2. The quantitative estimate of drug-likeness (QED) is 0.543. The third kappa shape index (κ3) is 3.09. The molecule has 0 amide bonds. The van der Waals surface area contributed by atoms with Crippen LogP contribution in [0.3, 0.4) is 0 Å². The summed E-state index contributed by atoms with van der Waals surface area (Å²) in [5.41, 5.74) is 4.37. The summed E-state index contributed by atoms with van der Waals surface area (Å²) < 4.78 is 0.808. The molecular weight excluding hydrogens is 302 g/mol. The lowest BCUT2D eigenvalue weighted by molar-refractivity contribution is -0.605. The number of fused-ring (bicyclic) bond motifs is 1. The predicted molar refractivity (Wildman–Crippen MR) is 88.5 cm³/mol. The molecule has 0 spiro atoms. The number of hydrogen-bond donors (Lipinski definition) is 0. The maximum atomic E-state index is 11.1. The zero-order valence-corrected chi connectivity index (χ0v) is 13.2. The molecule has 0 aliphatic carbocycles. The first kappa shape index (κ1) is 14.7. The molecule has 4 heterocycles. The molecule has 1 aliphatic rings. The number of rotatable bonds is 3. The normalized spacial score (nSPS) is 14.3. The molecule has 3 aromatic rings. The van der Waals surface area contributed by atoms with E-state index in [0.717, 1.165) is 53.4 Å². The van der Waals surface area contributed by atoms with Crippen LogP contribution in [0, 0.1) is 5.21 Å². The minimum Gasteiger partial charge on any atom is -0.619 e. The molecule has 4 rings (SSSR count). The van der Waals surface area contributed by atoms with Gasteiger partial charge in [0.25, 0.3) is 0 Å². The molecule has 0 aromatic carbocycles. The van der Waals surface area contributed by atoms with Crippen molar-refractivity contribution in [1.29, 1.82) is 0 Å². The van der Waals surface area contributed by atoms with Crippen LogP contribution < -0.4 is 4.73 Å². The van der Waals surface area contributed by atoms with Crippen molar-refractivity contribution in [3.05, 3.63) is 77.3 Å². The smallest absolute Gasteiger partial charge is 0.180 e. The third-order valence-electron chi connectivity index (χ3n) is 4.21. The summed E-state index contributed by atoms with van der Waals surface area (Å²) in [7, 11) is 0. The van der Waals surface area contributed by atoms with Crippen molar-refractivity contribution >= 4 is 0 Å². The summed E-state index contributed by atoms with van der Waals surface area (Å²) >= 11 is 0. The fourth-order valence-electron chi connectivity index (χ4n) is 2.95. The van der Waals surface area contributed by atoms with E-state index < -0.39 is 0 Å². The summed E-state index contributed by atoms with van der Waals surface area (Å²) in [6.45, 7) is 2.60. The molecule has 0 saturated heterocycles. The maximum absolute atomic E-state index is 11.1. The lowest BCUT2D eigenvalue weighted by Gasteiger charge is -2.27. The van der Waals surface area contributed by atoms with Crippen LogP contribution in [0.4, 0.5) is 0 Å². The Balaban J connectivity index is 1.50. The summed E-state index contributed by atoms with van der Waals surface area (Å²) in [6, 6.07) is 7.60. The number of nitrogens with zero attached hydrogens (tertiary/aromatic N) is 5. The molecule has 0 radical (unpaired) electrons. The van der Waals surface area contributed by atoms with Gasteiger partial charge in [0.05, 0.1) is 5.69 Å². The van der Waals surface area contributed by atoms with Gasteiger partial charge in [-0.25, -0.2) is 9.97 Å². The third-order valence-corrected chi connectivity index (χ3v) is 4.21. The number of aromatic nitrogens is 4. The largest absolute Gasteiger partial charge is 0.619 e. The van der Waals surface area contributed by atoms with E-state index >= 15 is 0 Å². The highest BCUT2D eigenvalue weighted by atomic mass is 16.5. The Kier molecular flexibility index (Phi) is 3.88. The minimum atomic E-state index is 0.735. The highest BCUT2D eigenvalue weighted by Crippen LogP contribution is 2.21. The molecule has 0 N–H and O–H groups in total. The van der Waals surface area contributed by atoms with Gasteiger partial charge in [0, 0.05) is 67.9 Å². The van der Waals surface area contributed by atoms with Gasteiger partial charge in [0.1, 0.15) is 0 Å². The molecule has 6 nitrogen and oxygen atoms in total. The van der Waals surface area contributed by atoms with E-state index in [9.17, 15) is 5.21 Å². The van der Waals surface area contributed by atoms with Crippen LogP contribution in [0.25, 0.3) is 11.4 Å². The Labute approximate surface area is 140 Å². The fraction of sp³-hybridized carbons (Fsp3) is 0.222. The van der Waals surface area contributed by atoms with Crippen molar-refractivity contribution in [2.75, 3.05) is 6.54 Å². The van der Waals surface area contributed by atoms with Crippen molar-refractivity contribution in [2.24, 2.45) is 0 Å². The van der Waals surface area contributed by atoms with Gasteiger partial charge in [-0.05, 0) is 17.7 Å². The minimum absolute atomic E-state index is 0.735. The van der Waals surface area contributed by atoms with E-state index in [1.165, 1.54) is 18.0 Å². The van der Waals surface area contributed by atoms with Gasteiger partial charge in [-0.15, -0.1) is 0 Å². The van der Waals surface area contributed by atoms with Gasteiger partial charge in [-0.2, -0.15) is 4.73 Å². The van der Waals surface area contributed by atoms with Crippen molar-refractivity contribution in [2.45, 2.75) is 19.5 Å². The fourth-order valence-corrected chi connectivity index (χ4v) is 2.95. The SMILES string of the molecule is [O-][n+]1ccc(CN2CCc3nc(-c4cccnc4)ncc3C2)cc1. The Bertz CT molecular complexity index is 836. The molecule has 6 heteroatoms. The van der Waals surface area contributed by atoms with E-state index in [1.807, 2.05) is 30.5 Å². The summed E-state index contributed by atoms with van der Waals surface area (Å²) in [6.07, 6.45) is 9.44. The molecule has 0 bridgehead atoms. The Morgan fingerprint density at radius 1 is 1.17 bits per heavy atom. The molecule has 0 saturated carbocycles. The van der Waals surface area contributed by atoms with Gasteiger partial charge in [-0.1, -0.05) is 0 Å². The zero-order valence-electron chi connectivity index (χ0n) is 13.2. The first-order valence-corrected chi connectivity index (χ1v) is 7.93. The standard InChI is InChI=1S/C18H17N5O/c24-23-8-3-14(4-9-23)12-22-7-5-17-16(13-22)11-20-18(21-17)15-2-1-6-19-10-15/h1-4,6,8-11H,5,7,12-13H2. The van der Waals surface area contributed by atoms with E-state index in [-0.39, 0.29) is 0 Å². The van der Waals surface area contributed by atoms with Crippen molar-refractivity contribution < 1.29 is 4.73 Å². The zero-order chi connectivity index (χ0) is 16.4. The van der Waals surface area contributed by atoms with Gasteiger partial charge in [0.15, 0.2) is 18.2 Å². The van der Waals surface area contributed by atoms with Gasteiger partial charge >= 0.3 is 0 Å². The molecule has 0 atom stereocenters. The van der Waals surface area contributed by atoms with Crippen molar-refractivity contribution in [3.63, 3.8) is 0 Å². The van der Waals surface area contributed by atoms with Crippen molar-refractivity contribution in [3.8, 4) is 11.4 Å². The Morgan fingerprint density at radius 2 is 2.04 bits per heavy atom. The molecule has 1 aliphatic heterocycles. The monoisotopic (exact) mass is 319 g/mol. The molecule has 120 valence electrons. The molecule has 0 unspecified atom stereocenters. The Hall–Kier alpha value is -2.86. The molecule has 0 fully saturated rings. The van der Waals surface area contributed by atoms with E-state index in [2.05, 4.69) is 14.9 Å². The van der Waals surface area contributed by atoms with Crippen LogP contribution in [-0.2, 0) is 19.5 Å². The van der Waals surface area contributed by atoms with E-state index in [0.29, 0.717) is 0 Å². The first-order chi connectivity index (χ1) is 11.8. The lowest BCUT2D eigenvalue weighted by atomic mass is 10.1. The van der Waals surface area contributed by atoms with Crippen LogP contribution >= 0.6 is 0 Å². The highest BCUT2D eigenvalue weighted by Gasteiger charge is 2.19. The predicted octanol–water partition coefficient (Wildman–Crippen LogP) is 1.73. The van der Waals surface area contributed by atoms with E-state index in [4.69, 9.17) is 4.98 Å². The van der Waals surface area contributed by atoms with Crippen LogP contribution in [0.1, 0.15) is 16.8 Å².